The first-order chi connectivity index (χ1) is 14.5. The predicted octanol–water partition coefficient (Wildman–Crippen LogP) is 3.92. The fourth-order valence-electron chi connectivity index (χ4n) is 4.00. The maximum Gasteiger partial charge on any atom is 0.224 e. The van der Waals surface area contributed by atoms with Gasteiger partial charge in [-0.05, 0) is 42.7 Å². The second-order valence-corrected chi connectivity index (χ2v) is 7.84. The molecule has 1 amide bonds. The SMILES string of the molecule is Cc1ccc2c(CC(=O)NCC(c3ccc(F)cc3)N3CCOCC3)coc2c1C. The molecule has 30 heavy (non-hydrogen) atoms. The molecule has 0 bridgehead atoms. The van der Waals surface area contributed by atoms with Crippen molar-refractivity contribution in [3.63, 3.8) is 0 Å². The maximum atomic E-state index is 13.4. The van der Waals surface area contributed by atoms with Crippen molar-refractivity contribution in [2.45, 2.75) is 26.3 Å². The number of furan rings is 1. The fraction of sp³-hybridized carbons (Fsp3) is 0.375. The largest absolute Gasteiger partial charge is 0.464 e. The summed E-state index contributed by atoms with van der Waals surface area (Å²) in [6.45, 7) is 7.41. The Bertz CT molecular complexity index is 1020. The Kier molecular flexibility index (Phi) is 6.16. The van der Waals surface area contributed by atoms with Crippen molar-refractivity contribution in [1.29, 1.82) is 0 Å². The van der Waals surface area contributed by atoms with E-state index in [1.54, 1.807) is 18.4 Å². The Balaban J connectivity index is 1.46. The van der Waals surface area contributed by atoms with Crippen LogP contribution in [0.5, 0.6) is 0 Å². The molecule has 0 aliphatic carbocycles. The van der Waals surface area contributed by atoms with E-state index < -0.39 is 0 Å². The molecular formula is C24H27FN2O3. The van der Waals surface area contributed by atoms with Gasteiger partial charge < -0.3 is 14.5 Å². The highest BCUT2D eigenvalue weighted by Crippen LogP contribution is 2.27. The number of halogens is 1. The van der Waals surface area contributed by atoms with E-state index in [1.807, 2.05) is 19.9 Å². The zero-order valence-electron chi connectivity index (χ0n) is 17.4. The highest BCUT2D eigenvalue weighted by Gasteiger charge is 2.23. The van der Waals surface area contributed by atoms with Gasteiger partial charge in [-0.2, -0.15) is 0 Å². The Morgan fingerprint density at radius 3 is 2.60 bits per heavy atom. The monoisotopic (exact) mass is 410 g/mol. The number of nitrogens with zero attached hydrogens (tertiary/aromatic N) is 1. The van der Waals surface area contributed by atoms with Gasteiger partial charge in [-0.3, -0.25) is 9.69 Å². The minimum Gasteiger partial charge on any atom is -0.464 e. The van der Waals surface area contributed by atoms with Gasteiger partial charge in [0.25, 0.3) is 0 Å². The number of amides is 1. The first kappa shape index (κ1) is 20.6. The Morgan fingerprint density at radius 2 is 1.87 bits per heavy atom. The molecule has 2 aromatic carbocycles. The zero-order chi connectivity index (χ0) is 21.1. The van der Waals surface area contributed by atoms with Crippen LogP contribution in [-0.2, 0) is 16.0 Å². The molecule has 1 unspecified atom stereocenters. The number of hydrogen-bond acceptors (Lipinski definition) is 4. The average molecular weight is 410 g/mol. The van der Waals surface area contributed by atoms with Crippen molar-refractivity contribution in [1.82, 2.24) is 10.2 Å². The second-order valence-electron chi connectivity index (χ2n) is 7.84. The number of fused-ring (bicyclic) bond motifs is 1. The molecule has 0 saturated carbocycles. The molecule has 1 aliphatic rings. The van der Waals surface area contributed by atoms with E-state index in [-0.39, 0.29) is 24.2 Å². The van der Waals surface area contributed by atoms with E-state index in [4.69, 9.17) is 9.15 Å². The molecule has 1 aromatic heterocycles. The third-order valence-corrected chi connectivity index (χ3v) is 5.93. The van der Waals surface area contributed by atoms with Crippen molar-refractivity contribution >= 4 is 16.9 Å². The first-order valence-electron chi connectivity index (χ1n) is 10.3. The summed E-state index contributed by atoms with van der Waals surface area (Å²) in [5, 5.41) is 4.05. The second kappa shape index (κ2) is 8.98. The molecule has 1 aliphatic heterocycles. The third kappa shape index (κ3) is 4.40. The van der Waals surface area contributed by atoms with Gasteiger partial charge in [-0.25, -0.2) is 4.39 Å². The van der Waals surface area contributed by atoms with Gasteiger partial charge >= 0.3 is 0 Å². The van der Waals surface area contributed by atoms with Gasteiger partial charge in [0.05, 0.1) is 31.9 Å². The van der Waals surface area contributed by atoms with Crippen LogP contribution in [-0.4, -0.2) is 43.7 Å². The van der Waals surface area contributed by atoms with Crippen LogP contribution in [0.1, 0.15) is 28.3 Å². The Labute approximate surface area is 175 Å². The molecule has 158 valence electrons. The molecule has 3 aromatic rings. The number of carbonyl (C=O) groups is 1. The summed E-state index contributed by atoms with van der Waals surface area (Å²) in [6, 6.07) is 10.5. The molecular weight excluding hydrogens is 383 g/mol. The standard InChI is InChI=1S/C24H27FN2O3/c1-16-3-8-21-19(15-30-24(21)17(16)2)13-23(28)26-14-22(27-9-11-29-12-10-27)18-4-6-20(25)7-5-18/h3-8,15,22H,9-14H2,1-2H3,(H,26,28). The number of aryl methyl sites for hydroxylation is 2. The van der Waals surface area contributed by atoms with Gasteiger partial charge in [0.1, 0.15) is 11.4 Å². The number of rotatable bonds is 6. The summed E-state index contributed by atoms with van der Waals surface area (Å²) in [5.74, 6) is -0.322. The molecule has 1 atom stereocenters. The number of carbonyl (C=O) groups excluding carboxylic acids is 1. The minimum atomic E-state index is -0.263. The van der Waals surface area contributed by atoms with Crippen LogP contribution >= 0.6 is 0 Å². The van der Waals surface area contributed by atoms with Crippen LogP contribution in [0.15, 0.2) is 47.1 Å². The van der Waals surface area contributed by atoms with E-state index >= 15 is 0 Å². The Hall–Kier alpha value is -2.70. The number of morpholine rings is 1. The number of hydrogen-bond donors (Lipinski definition) is 1. The Morgan fingerprint density at radius 1 is 1.13 bits per heavy atom. The van der Waals surface area contributed by atoms with Gasteiger partial charge in [-0.15, -0.1) is 0 Å². The maximum absolute atomic E-state index is 13.4. The van der Waals surface area contributed by atoms with Crippen LogP contribution in [0.25, 0.3) is 11.0 Å². The minimum absolute atomic E-state index is 0.0237. The lowest BCUT2D eigenvalue weighted by atomic mass is 10.0. The molecule has 1 fully saturated rings. The molecule has 2 heterocycles. The molecule has 6 heteroatoms. The first-order valence-corrected chi connectivity index (χ1v) is 10.3. The molecule has 5 nitrogen and oxygen atoms in total. The lowest BCUT2D eigenvalue weighted by Crippen LogP contribution is -2.44. The summed E-state index contributed by atoms with van der Waals surface area (Å²) in [5.41, 5.74) is 4.98. The predicted molar refractivity (Wildman–Crippen MR) is 114 cm³/mol. The van der Waals surface area contributed by atoms with Gasteiger partial charge in [0.15, 0.2) is 0 Å². The number of benzene rings is 2. The van der Waals surface area contributed by atoms with Crippen molar-refractivity contribution in [3.8, 4) is 0 Å². The van der Waals surface area contributed by atoms with E-state index in [9.17, 15) is 9.18 Å². The summed E-state index contributed by atoms with van der Waals surface area (Å²) < 4.78 is 24.6. The van der Waals surface area contributed by atoms with E-state index in [1.165, 1.54) is 17.7 Å². The molecule has 1 saturated heterocycles. The summed E-state index contributed by atoms with van der Waals surface area (Å²) in [6.07, 6.45) is 1.94. The van der Waals surface area contributed by atoms with E-state index in [0.29, 0.717) is 19.8 Å². The lowest BCUT2D eigenvalue weighted by molar-refractivity contribution is -0.120. The topological polar surface area (TPSA) is 54.7 Å². The third-order valence-electron chi connectivity index (χ3n) is 5.93. The molecule has 0 radical (unpaired) electrons. The highest BCUT2D eigenvalue weighted by atomic mass is 19.1. The van der Waals surface area contributed by atoms with Crippen molar-refractivity contribution in [3.05, 3.63) is 70.7 Å². The van der Waals surface area contributed by atoms with Crippen LogP contribution in [0.2, 0.25) is 0 Å². The molecule has 1 N–H and O–H groups in total. The van der Waals surface area contributed by atoms with Gasteiger partial charge in [-0.1, -0.05) is 24.3 Å². The zero-order valence-corrected chi connectivity index (χ0v) is 17.4. The van der Waals surface area contributed by atoms with Crippen molar-refractivity contribution < 1.29 is 18.3 Å². The van der Waals surface area contributed by atoms with Crippen molar-refractivity contribution in [2.75, 3.05) is 32.8 Å². The fourth-order valence-corrected chi connectivity index (χ4v) is 4.00. The molecule has 0 spiro atoms. The number of nitrogens with one attached hydrogen (secondary N) is 1. The van der Waals surface area contributed by atoms with Gasteiger partial charge in [0, 0.05) is 30.6 Å². The highest BCUT2D eigenvalue weighted by molar-refractivity contribution is 5.89. The van der Waals surface area contributed by atoms with Crippen LogP contribution in [0, 0.1) is 19.7 Å². The summed E-state index contributed by atoms with van der Waals surface area (Å²) >= 11 is 0. The molecule has 4 rings (SSSR count). The van der Waals surface area contributed by atoms with Gasteiger partial charge in [0.2, 0.25) is 5.91 Å². The van der Waals surface area contributed by atoms with E-state index in [0.717, 1.165) is 40.7 Å². The lowest BCUT2D eigenvalue weighted by Gasteiger charge is -2.35. The quantitative estimate of drug-likeness (QED) is 0.669. The van der Waals surface area contributed by atoms with Crippen LogP contribution in [0.4, 0.5) is 4.39 Å². The van der Waals surface area contributed by atoms with Crippen LogP contribution in [0.3, 0.4) is 0 Å². The van der Waals surface area contributed by atoms with E-state index in [2.05, 4.69) is 16.3 Å². The smallest absolute Gasteiger partial charge is 0.224 e. The number of ether oxygens (including phenoxy) is 1. The van der Waals surface area contributed by atoms with Crippen molar-refractivity contribution in [2.24, 2.45) is 0 Å². The summed E-state index contributed by atoms with van der Waals surface area (Å²) in [7, 11) is 0. The van der Waals surface area contributed by atoms with Crippen LogP contribution < -0.4 is 5.32 Å². The average Bonchev–Trinajstić information content (AvgIpc) is 3.16. The summed E-state index contributed by atoms with van der Waals surface area (Å²) in [4.78, 5) is 15.0. The normalized spacial score (nSPS) is 16.0.